The number of nitrogens with one attached hydrogen (secondary N) is 1. The number of hydrogen-bond acceptors (Lipinski definition) is 2. The molecule has 0 aromatic heterocycles. The Labute approximate surface area is 76.7 Å². The molecule has 3 heteroatoms. The maximum absolute atomic E-state index is 11.2. The lowest BCUT2D eigenvalue weighted by molar-refractivity contribution is -0.122. The molecule has 0 fully saturated rings. The van der Waals surface area contributed by atoms with Crippen LogP contribution in [0.5, 0.6) is 5.75 Å². The zero-order valence-electron chi connectivity index (χ0n) is 7.63. The SMILES string of the molecule is Cc1cccc2c1O[C@@H](C)C(=O)N2. The monoisotopic (exact) mass is 177 g/mol. The molecule has 1 aliphatic rings. The highest BCUT2D eigenvalue weighted by atomic mass is 16.5. The van der Waals surface area contributed by atoms with Crippen LogP contribution in [-0.4, -0.2) is 12.0 Å². The molecule has 1 amide bonds. The first-order chi connectivity index (χ1) is 6.18. The van der Waals surface area contributed by atoms with Gasteiger partial charge in [0.25, 0.3) is 5.91 Å². The molecule has 0 saturated heterocycles. The molecule has 1 heterocycles. The Morgan fingerprint density at radius 3 is 3.00 bits per heavy atom. The molecule has 1 aliphatic heterocycles. The number of ether oxygens (including phenoxy) is 1. The third kappa shape index (κ3) is 1.26. The molecule has 1 aromatic carbocycles. The van der Waals surface area contributed by atoms with E-state index < -0.39 is 6.10 Å². The van der Waals surface area contributed by atoms with E-state index in [-0.39, 0.29) is 5.91 Å². The van der Waals surface area contributed by atoms with Crippen molar-refractivity contribution in [3.8, 4) is 5.75 Å². The van der Waals surface area contributed by atoms with Crippen molar-refractivity contribution >= 4 is 11.6 Å². The first kappa shape index (κ1) is 8.10. The lowest BCUT2D eigenvalue weighted by Crippen LogP contribution is -2.34. The van der Waals surface area contributed by atoms with E-state index in [1.54, 1.807) is 6.92 Å². The van der Waals surface area contributed by atoms with Gasteiger partial charge in [-0.1, -0.05) is 12.1 Å². The highest BCUT2D eigenvalue weighted by Gasteiger charge is 2.23. The number of carbonyl (C=O) groups excluding carboxylic acids is 1. The van der Waals surface area contributed by atoms with E-state index in [1.165, 1.54) is 0 Å². The molecular weight excluding hydrogens is 166 g/mol. The molecule has 0 bridgehead atoms. The number of hydrogen-bond donors (Lipinski definition) is 1. The van der Waals surface area contributed by atoms with Crippen LogP contribution >= 0.6 is 0 Å². The summed E-state index contributed by atoms with van der Waals surface area (Å²) >= 11 is 0. The second kappa shape index (κ2) is 2.76. The van der Waals surface area contributed by atoms with Gasteiger partial charge in [0.15, 0.2) is 6.10 Å². The number of anilines is 1. The van der Waals surface area contributed by atoms with Crippen LogP contribution in [0.25, 0.3) is 0 Å². The lowest BCUT2D eigenvalue weighted by Gasteiger charge is -2.24. The van der Waals surface area contributed by atoms with E-state index in [1.807, 2.05) is 25.1 Å². The third-order valence-electron chi connectivity index (χ3n) is 2.13. The van der Waals surface area contributed by atoms with Crippen LogP contribution in [0.3, 0.4) is 0 Å². The molecule has 13 heavy (non-hydrogen) atoms. The summed E-state index contributed by atoms with van der Waals surface area (Å²) in [5.41, 5.74) is 1.81. The van der Waals surface area contributed by atoms with Gasteiger partial charge in [0, 0.05) is 0 Å². The van der Waals surface area contributed by atoms with Crippen molar-refractivity contribution in [1.29, 1.82) is 0 Å². The van der Waals surface area contributed by atoms with Crippen LogP contribution in [-0.2, 0) is 4.79 Å². The summed E-state index contributed by atoms with van der Waals surface area (Å²) in [7, 11) is 0. The molecule has 0 saturated carbocycles. The van der Waals surface area contributed by atoms with E-state index in [0.29, 0.717) is 0 Å². The number of aryl methyl sites for hydroxylation is 1. The van der Waals surface area contributed by atoms with Crippen LogP contribution < -0.4 is 10.1 Å². The van der Waals surface area contributed by atoms with E-state index in [0.717, 1.165) is 17.0 Å². The highest BCUT2D eigenvalue weighted by molar-refractivity contribution is 5.97. The van der Waals surface area contributed by atoms with E-state index in [9.17, 15) is 4.79 Å². The second-order valence-corrected chi connectivity index (χ2v) is 3.20. The summed E-state index contributed by atoms with van der Waals surface area (Å²) in [6.07, 6.45) is -0.395. The molecule has 0 aliphatic carbocycles. The second-order valence-electron chi connectivity index (χ2n) is 3.20. The fraction of sp³-hybridized carbons (Fsp3) is 0.300. The Bertz CT molecular complexity index is 360. The van der Waals surface area contributed by atoms with Gasteiger partial charge in [0.05, 0.1) is 5.69 Å². The fourth-order valence-electron chi connectivity index (χ4n) is 1.37. The van der Waals surface area contributed by atoms with Gasteiger partial charge in [-0.25, -0.2) is 0 Å². The zero-order chi connectivity index (χ0) is 9.42. The summed E-state index contributed by atoms with van der Waals surface area (Å²) in [5, 5.41) is 2.79. The molecule has 3 nitrogen and oxygen atoms in total. The van der Waals surface area contributed by atoms with Crippen LogP contribution in [0.4, 0.5) is 5.69 Å². The number of carbonyl (C=O) groups is 1. The van der Waals surface area contributed by atoms with Gasteiger partial charge in [-0.3, -0.25) is 4.79 Å². The van der Waals surface area contributed by atoms with Crippen molar-refractivity contribution in [2.75, 3.05) is 5.32 Å². The molecule has 1 atom stereocenters. The van der Waals surface area contributed by atoms with E-state index in [4.69, 9.17) is 4.74 Å². The molecule has 0 unspecified atom stereocenters. The molecular formula is C10H11NO2. The topological polar surface area (TPSA) is 38.3 Å². The largest absolute Gasteiger partial charge is 0.478 e. The van der Waals surface area contributed by atoms with Crippen LogP contribution in [0.15, 0.2) is 18.2 Å². The first-order valence-corrected chi connectivity index (χ1v) is 4.25. The van der Waals surface area contributed by atoms with Gasteiger partial charge < -0.3 is 10.1 Å². The molecule has 2 rings (SSSR count). The lowest BCUT2D eigenvalue weighted by atomic mass is 10.1. The van der Waals surface area contributed by atoms with Crippen molar-refractivity contribution < 1.29 is 9.53 Å². The van der Waals surface area contributed by atoms with E-state index in [2.05, 4.69) is 5.32 Å². The number of benzene rings is 1. The Morgan fingerprint density at radius 2 is 2.23 bits per heavy atom. The molecule has 0 radical (unpaired) electrons. The fourth-order valence-corrected chi connectivity index (χ4v) is 1.37. The smallest absolute Gasteiger partial charge is 0.265 e. The standard InChI is InChI=1S/C10H11NO2/c1-6-4-3-5-8-9(6)13-7(2)10(12)11-8/h3-5,7H,1-2H3,(H,11,12)/t7-/m0/s1. The Balaban J connectivity index is 2.48. The minimum absolute atomic E-state index is 0.0851. The van der Waals surface area contributed by atoms with Gasteiger partial charge in [-0.05, 0) is 25.5 Å². The average molecular weight is 177 g/mol. The predicted octanol–water partition coefficient (Wildman–Crippen LogP) is 1.71. The summed E-state index contributed by atoms with van der Waals surface area (Å²) in [5.74, 6) is 0.702. The minimum atomic E-state index is -0.395. The predicted molar refractivity (Wildman–Crippen MR) is 49.9 cm³/mol. The first-order valence-electron chi connectivity index (χ1n) is 4.25. The maximum atomic E-state index is 11.2. The van der Waals surface area contributed by atoms with Crippen LogP contribution in [0.1, 0.15) is 12.5 Å². The van der Waals surface area contributed by atoms with Gasteiger partial charge in [0.2, 0.25) is 0 Å². The molecule has 1 N–H and O–H groups in total. The quantitative estimate of drug-likeness (QED) is 0.655. The minimum Gasteiger partial charge on any atom is -0.478 e. The van der Waals surface area contributed by atoms with Crippen molar-refractivity contribution in [3.63, 3.8) is 0 Å². The van der Waals surface area contributed by atoms with Gasteiger partial charge in [0.1, 0.15) is 5.75 Å². The summed E-state index contributed by atoms with van der Waals surface area (Å²) < 4.78 is 5.46. The summed E-state index contributed by atoms with van der Waals surface area (Å²) in [6.45, 7) is 3.70. The molecule has 1 aromatic rings. The van der Waals surface area contributed by atoms with Crippen molar-refractivity contribution in [2.24, 2.45) is 0 Å². The number of fused-ring (bicyclic) bond motifs is 1. The van der Waals surface area contributed by atoms with Crippen molar-refractivity contribution in [2.45, 2.75) is 20.0 Å². The zero-order valence-corrected chi connectivity index (χ0v) is 7.63. The third-order valence-corrected chi connectivity index (χ3v) is 2.13. The molecule has 68 valence electrons. The number of para-hydroxylation sites is 1. The van der Waals surface area contributed by atoms with Gasteiger partial charge in [-0.2, -0.15) is 0 Å². The van der Waals surface area contributed by atoms with Gasteiger partial charge in [-0.15, -0.1) is 0 Å². The van der Waals surface area contributed by atoms with Crippen molar-refractivity contribution in [3.05, 3.63) is 23.8 Å². The average Bonchev–Trinajstić information content (AvgIpc) is 2.09. The Hall–Kier alpha value is -1.51. The number of rotatable bonds is 0. The van der Waals surface area contributed by atoms with Crippen LogP contribution in [0.2, 0.25) is 0 Å². The summed E-state index contributed by atoms with van der Waals surface area (Å²) in [6, 6.07) is 5.70. The normalized spacial score (nSPS) is 20.2. The van der Waals surface area contributed by atoms with Crippen LogP contribution in [0, 0.1) is 6.92 Å². The Morgan fingerprint density at radius 1 is 1.46 bits per heavy atom. The maximum Gasteiger partial charge on any atom is 0.265 e. The van der Waals surface area contributed by atoms with E-state index >= 15 is 0 Å². The number of amides is 1. The molecule has 0 spiro atoms. The Kier molecular flexibility index (Phi) is 1.72. The highest BCUT2D eigenvalue weighted by Crippen LogP contribution is 2.32. The van der Waals surface area contributed by atoms with Crippen molar-refractivity contribution in [1.82, 2.24) is 0 Å². The van der Waals surface area contributed by atoms with Gasteiger partial charge >= 0.3 is 0 Å². The summed E-state index contributed by atoms with van der Waals surface area (Å²) in [4.78, 5) is 11.2.